The highest BCUT2D eigenvalue weighted by atomic mass is 35.5. The van der Waals surface area contributed by atoms with Crippen molar-refractivity contribution in [2.75, 3.05) is 31.0 Å². The predicted molar refractivity (Wildman–Crippen MR) is 92.2 cm³/mol. The summed E-state index contributed by atoms with van der Waals surface area (Å²) >= 11 is 5.91. The molecule has 1 rings (SSSR count). The maximum absolute atomic E-state index is 12.5. The minimum Gasteiger partial charge on any atom is -0.474 e. The zero-order valence-corrected chi connectivity index (χ0v) is 15.8. The smallest absolute Gasteiger partial charge is 0.356 e. The summed E-state index contributed by atoms with van der Waals surface area (Å²) in [6, 6.07) is 0. The lowest BCUT2D eigenvalue weighted by Gasteiger charge is -2.22. The monoisotopic (exact) mass is 382 g/mol. The molecule has 0 unspecified atom stereocenters. The second-order valence-electron chi connectivity index (χ2n) is 5.39. The Morgan fingerprint density at radius 2 is 1.67 bits per heavy atom. The third-order valence-electron chi connectivity index (χ3n) is 2.32. The number of hydrogen-bond donors (Lipinski definition) is 2. The van der Waals surface area contributed by atoms with E-state index >= 15 is 0 Å². The molecule has 0 amide bonds. The van der Waals surface area contributed by atoms with E-state index in [2.05, 4.69) is 9.97 Å². The first-order valence-electron chi connectivity index (χ1n) is 7.38. The number of ether oxygens (including phenoxy) is 2. The second-order valence-corrected chi connectivity index (χ2v) is 7.67. The summed E-state index contributed by atoms with van der Waals surface area (Å²) in [5.41, 5.74) is 11.0. The van der Waals surface area contributed by atoms with Crippen LogP contribution in [0.25, 0.3) is 0 Å². The van der Waals surface area contributed by atoms with E-state index in [1.165, 1.54) is 0 Å². The van der Waals surface area contributed by atoms with Crippen molar-refractivity contribution in [3.63, 3.8) is 0 Å². The van der Waals surface area contributed by atoms with Crippen LogP contribution in [0.4, 0.5) is 11.8 Å². The van der Waals surface area contributed by atoms with E-state index in [-0.39, 0.29) is 54.4 Å². The number of nitrogens with zero attached hydrogens (tertiary/aromatic N) is 2. The Hall–Kier alpha value is -1.12. The van der Waals surface area contributed by atoms with Gasteiger partial charge in [0.1, 0.15) is 18.0 Å². The maximum Gasteiger partial charge on any atom is 0.356 e. The zero-order chi connectivity index (χ0) is 18.3. The third-order valence-corrected chi connectivity index (χ3v) is 4.66. The van der Waals surface area contributed by atoms with Gasteiger partial charge in [-0.1, -0.05) is 11.6 Å². The normalized spacial score (nSPS) is 12.1. The molecule has 24 heavy (non-hydrogen) atoms. The second kappa shape index (κ2) is 9.39. The van der Waals surface area contributed by atoms with E-state index in [0.717, 1.165) is 0 Å². The molecule has 0 saturated heterocycles. The number of anilines is 2. The van der Waals surface area contributed by atoms with Gasteiger partial charge < -0.3 is 30.0 Å². The van der Waals surface area contributed by atoms with Crippen LogP contribution in [-0.2, 0) is 18.3 Å². The molecule has 138 valence electrons. The quantitative estimate of drug-likeness (QED) is 0.462. The van der Waals surface area contributed by atoms with Crippen molar-refractivity contribution in [2.45, 2.75) is 39.9 Å². The standard InChI is InChI=1S/C13H24ClN4O5P/c1-8(2)22-24(19,23-9(3)4)7-20-5-6-21-12-10(14)11(15)17-13(16)18-12/h8-9H,5-7H2,1-4H3,(H4,15,16,17,18). The number of halogens is 1. The van der Waals surface area contributed by atoms with E-state index in [4.69, 9.17) is 41.6 Å². The summed E-state index contributed by atoms with van der Waals surface area (Å²) in [6.45, 7) is 7.29. The van der Waals surface area contributed by atoms with Crippen molar-refractivity contribution in [3.8, 4) is 5.88 Å². The minimum atomic E-state index is -3.34. The number of hydrogen-bond acceptors (Lipinski definition) is 9. The Morgan fingerprint density at radius 3 is 2.21 bits per heavy atom. The van der Waals surface area contributed by atoms with Gasteiger partial charge >= 0.3 is 7.60 Å². The van der Waals surface area contributed by atoms with Crippen LogP contribution >= 0.6 is 19.2 Å². The zero-order valence-electron chi connectivity index (χ0n) is 14.2. The lowest BCUT2D eigenvalue weighted by Crippen LogP contribution is -2.14. The van der Waals surface area contributed by atoms with Crippen LogP contribution in [0, 0.1) is 0 Å². The van der Waals surface area contributed by atoms with Crippen LogP contribution in [0.3, 0.4) is 0 Å². The highest BCUT2D eigenvalue weighted by Gasteiger charge is 2.28. The Kier molecular flexibility index (Phi) is 8.18. The summed E-state index contributed by atoms with van der Waals surface area (Å²) in [5, 5.41) is 0.0705. The summed E-state index contributed by atoms with van der Waals surface area (Å²) in [7, 11) is -3.34. The van der Waals surface area contributed by atoms with Crippen molar-refractivity contribution in [3.05, 3.63) is 5.02 Å². The van der Waals surface area contributed by atoms with Crippen molar-refractivity contribution in [1.82, 2.24) is 9.97 Å². The van der Waals surface area contributed by atoms with Gasteiger partial charge in [-0.05, 0) is 27.7 Å². The first-order valence-corrected chi connectivity index (χ1v) is 9.48. The van der Waals surface area contributed by atoms with Gasteiger partial charge in [0.05, 0.1) is 18.8 Å². The summed E-state index contributed by atoms with van der Waals surface area (Å²) in [4.78, 5) is 7.53. The average Bonchev–Trinajstić information content (AvgIpc) is 2.41. The molecule has 0 fully saturated rings. The largest absolute Gasteiger partial charge is 0.474 e. The molecular weight excluding hydrogens is 359 g/mol. The molecular formula is C13H24ClN4O5P. The van der Waals surface area contributed by atoms with Crippen molar-refractivity contribution in [1.29, 1.82) is 0 Å². The molecule has 0 radical (unpaired) electrons. The molecule has 0 saturated carbocycles. The number of nitrogens with two attached hydrogens (primary N) is 2. The van der Waals surface area contributed by atoms with Crippen molar-refractivity contribution >= 4 is 31.0 Å². The number of aromatic nitrogens is 2. The van der Waals surface area contributed by atoms with E-state index in [0.29, 0.717) is 0 Å². The van der Waals surface area contributed by atoms with Gasteiger partial charge in [-0.15, -0.1) is 0 Å². The molecule has 0 aliphatic carbocycles. The molecule has 0 aromatic carbocycles. The van der Waals surface area contributed by atoms with Crippen LogP contribution in [0.1, 0.15) is 27.7 Å². The van der Waals surface area contributed by atoms with Crippen molar-refractivity contribution < 1.29 is 23.1 Å². The summed E-state index contributed by atoms with van der Waals surface area (Å²) in [6.07, 6.45) is -0.686. The topological polar surface area (TPSA) is 132 Å². The first-order chi connectivity index (χ1) is 11.1. The van der Waals surface area contributed by atoms with Crippen LogP contribution < -0.4 is 16.2 Å². The van der Waals surface area contributed by atoms with Gasteiger partial charge in [0.2, 0.25) is 11.8 Å². The lowest BCUT2D eigenvalue weighted by atomic mass is 10.5. The van der Waals surface area contributed by atoms with Gasteiger partial charge in [0, 0.05) is 0 Å². The van der Waals surface area contributed by atoms with Gasteiger partial charge in [0.15, 0.2) is 5.82 Å². The fourth-order valence-electron chi connectivity index (χ4n) is 1.66. The minimum absolute atomic E-state index is 0.0280. The molecule has 11 heteroatoms. The lowest BCUT2D eigenvalue weighted by molar-refractivity contribution is 0.0845. The highest BCUT2D eigenvalue weighted by molar-refractivity contribution is 7.53. The average molecular weight is 383 g/mol. The van der Waals surface area contributed by atoms with Crippen LogP contribution in [0.2, 0.25) is 5.02 Å². The third kappa shape index (κ3) is 7.19. The fraction of sp³-hybridized carbons (Fsp3) is 0.692. The van der Waals surface area contributed by atoms with Crippen LogP contribution in [0.5, 0.6) is 5.88 Å². The van der Waals surface area contributed by atoms with E-state index in [9.17, 15) is 4.57 Å². The molecule has 0 spiro atoms. The molecule has 9 nitrogen and oxygen atoms in total. The maximum atomic E-state index is 12.5. The number of nitrogen functional groups attached to an aromatic ring is 2. The van der Waals surface area contributed by atoms with Crippen molar-refractivity contribution in [2.24, 2.45) is 0 Å². The summed E-state index contributed by atoms with van der Waals surface area (Å²) < 4.78 is 33.9. The van der Waals surface area contributed by atoms with Gasteiger partial charge in [-0.25, -0.2) is 0 Å². The Bertz CT molecular complexity index is 574. The molecule has 1 heterocycles. The van der Waals surface area contributed by atoms with E-state index < -0.39 is 7.60 Å². The molecule has 0 bridgehead atoms. The van der Waals surface area contributed by atoms with Gasteiger partial charge in [0.25, 0.3) is 0 Å². The van der Waals surface area contributed by atoms with Crippen LogP contribution in [-0.4, -0.2) is 41.7 Å². The number of rotatable bonds is 10. The van der Waals surface area contributed by atoms with Crippen LogP contribution in [0.15, 0.2) is 0 Å². The Morgan fingerprint density at radius 1 is 1.08 bits per heavy atom. The Balaban J connectivity index is 2.48. The van der Waals surface area contributed by atoms with Gasteiger partial charge in [-0.3, -0.25) is 4.57 Å². The molecule has 0 aliphatic heterocycles. The van der Waals surface area contributed by atoms with E-state index in [1.54, 1.807) is 27.7 Å². The van der Waals surface area contributed by atoms with E-state index in [1.807, 2.05) is 0 Å². The van der Waals surface area contributed by atoms with Gasteiger partial charge in [-0.2, -0.15) is 9.97 Å². The molecule has 1 aromatic heterocycles. The SMILES string of the molecule is CC(C)OP(=O)(COCCOc1nc(N)nc(N)c1Cl)OC(C)C. The highest BCUT2D eigenvalue weighted by Crippen LogP contribution is 2.50. The predicted octanol–water partition coefficient (Wildman–Crippen LogP) is 2.69. The fourth-order valence-corrected chi connectivity index (χ4v) is 3.61. The molecule has 0 aliphatic rings. The summed E-state index contributed by atoms with van der Waals surface area (Å²) in [5.74, 6) is 0.0403. The Labute approximate surface area is 146 Å². The molecule has 0 atom stereocenters. The first kappa shape index (κ1) is 20.9. The molecule has 1 aromatic rings. The molecule has 4 N–H and O–H groups in total.